The fourth-order valence-corrected chi connectivity index (χ4v) is 2.38. The zero-order chi connectivity index (χ0) is 13.2. The molecule has 19 heavy (non-hydrogen) atoms. The molecule has 4 heteroatoms. The molecule has 0 atom stereocenters. The molecule has 0 amide bonds. The Kier molecular flexibility index (Phi) is 3.13. The fourth-order valence-electron chi connectivity index (χ4n) is 2.16. The molecule has 96 valence electrons. The van der Waals surface area contributed by atoms with E-state index in [1.165, 1.54) is 12.1 Å². The van der Waals surface area contributed by atoms with Crippen LogP contribution in [0.3, 0.4) is 0 Å². The van der Waals surface area contributed by atoms with E-state index in [0.717, 1.165) is 16.5 Å². The lowest BCUT2D eigenvalue weighted by molar-refractivity contribution is 0.628. The van der Waals surface area contributed by atoms with E-state index in [0.29, 0.717) is 17.3 Å². The first-order chi connectivity index (χ1) is 9.22. The van der Waals surface area contributed by atoms with Crippen molar-refractivity contribution in [2.75, 3.05) is 5.32 Å². The Morgan fingerprint density at radius 2 is 2.05 bits per heavy atom. The number of anilines is 1. The van der Waals surface area contributed by atoms with Crippen LogP contribution in [0.5, 0.6) is 0 Å². The second kappa shape index (κ2) is 4.94. The van der Waals surface area contributed by atoms with Crippen LogP contribution >= 0.6 is 11.6 Å². The summed E-state index contributed by atoms with van der Waals surface area (Å²) < 4.78 is 13.2. The highest BCUT2D eigenvalue weighted by Gasteiger charge is 2.03. The number of rotatable bonds is 3. The van der Waals surface area contributed by atoms with Gasteiger partial charge in [0.1, 0.15) is 5.82 Å². The zero-order valence-electron chi connectivity index (χ0n) is 10.1. The van der Waals surface area contributed by atoms with E-state index >= 15 is 0 Å². The van der Waals surface area contributed by atoms with Crippen molar-refractivity contribution in [3.05, 3.63) is 65.1 Å². The van der Waals surface area contributed by atoms with Crippen molar-refractivity contribution in [3.8, 4) is 0 Å². The SMILES string of the molecule is Fc1cc(Cl)cc(NCc2cccc3[nH]ccc23)c1. The first kappa shape index (κ1) is 12.1. The highest BCUT2D eigenvalue weighted by molar-refractivity contribution is 6.30. The summed E-state index contributed by atoms with van der Waals surface area (Å²) in [6, 6.07) is 12.5. The molecule has 0 radical (unpaired) electrons. The predicted molar refractivity (Wildman–Crippen MR) is 77.0 cm³/mol. The molecule has 0 saturated carbocycles. The number of H-pyrrole nitrogens is 1. The maximum atomic E-state index is 13.2. The molecule has 2 nitrogen and oxygen atoms in total. The maximum Gasteiger partial charge on any atom is 0.126 e. The van der Waals surface area contributed by atoms with E-state index < -0.39 is 0 Å². The van der Waals surface area contributed by atoms with E-state index in [1.807, 2.05) is 30.5 Å². The van der Waals surface area contributed by atoms with Crippen molar-refractivity contribution in [3.63, 3.8) is 0 Å². The highest BCUT2D eigenvalue weighted by Crippen LogP contribution is 2.21. The normalized spacial score (nSPS) is 10.8. The Bertz CT molecular complexity index is 701. The molecule has 2 aromatic carbocycles. The lowest BCUT2D eigenvalue weighted by Crippen LogP contribution is -2.00. The van der Waals surface area contributed by atoms with Crippen LogP contribution in [0, 0.1) is 5.82 Å². The van der Waals surface area contributed by atoms with Crippen LogP contribution in [0.4, 0.5) is 10.1 Å². The van der Waals surface area contributed by atoms with Crippen LogP contribution in [0.2, 0.25) is 5.02 Å². The molecule has 1 aromatic heterocycles. The first-order valence-electron chi connectivity index (χ1n) is 5.97. The minimum atomic E-state index is -0.338. The summed E-state index contributed by atoms with van der Waals surface area (Å²) in [4.78, 5) is 3.17. The Labute approximate surface area is 115 Å². The van der Waals surface area contributed by atoms with Crippen LogP contribution in [0.15, 0.2) is 48.7 Å². The minimum absolute atomic E-state index is 0.338. The molecular formula is C15H12ClFN2. The van der Waals surface area contributed by atoms with Crippen LogP contribution in [-0.4, -0.2) is 4.98 Å². The van der Waals surface area contributed by atoms with E-state index in [9.17, 15) is 4.39 Å². The Morgan fingerprint density at radius 1 is 1.16 bits per heavy atom. The highest BCUT2D eigenvalue weighted by atomic mass is 35.5. The summed E-state index contributed by atoms with van der Waals surface area (Å²) in [7, 11) is 0. The molecular weight excluding hydrogens is 263 g/mol. The van der Waals surface area contributed by atoms with Crippen LogP contribution in [0.25, 0.3) is 10.9 Å². The number of benzene rings is 2. The molecule has 0 aliphatic carbocycles. The monoisotopic (exact) mass is 274 g/mol. The fraction of sp³-hybridized carbons (Fsp3) is 0.0667. The summed E-state index contributed by atoms with van der Waals surface area (Å²) in [5, 5.41) is 4.74. The van der Waals surface area contributed by atoms with Gasteiger partial charge in [0, 0.05) is 34.4 Å². The molecule has 0 aliphatic heterocycles. The van der Waals surface area contributed by atoms with Gasteiger partial charge in [0.25, 0.3) is 0 Å². The van der Waals surface area contributed by atoms with E-state index in [1.54, 1.807) is 6.07 Å². The number of aromatic nitrogens is 1. The third kappa shape index (κ3) is 2.56. The van der Waals surface area contributed by atoms with Gasteiger partial charge < -0.3 is 10.3 Å². The standard InChI is InChI=1S/C15H12ClFN2/c16-11-6-12(17)8-13(7-11)19-9-10-2-1-3-15-14(10)4-5-18-15/h1-8,18-19H,9H2. The van der Waals surface area contributed by atoms with Crippen molar-refractivity contribution >= 4 is 28.2 Å². The molecule has 2 N–H and O–H groups in total. The summed E-state index contributed by atoms with van der Waals surface area (Å²) in [5.74, 6) is -0.338. The molecule has 0 unspecified atom stereocenters. The number of hydrogen-bond acceptors (Lipinski definition) is 1. The lowest BCUT2D eigenvalue weighted by atomic mass is 10.1. The Morgan fingerprint density at radius 3 is 2.89 bits per heavy atom. The molecule has 3 aromatic rings. The topological polar surface area (TPSA) is 27.8 Å². The van der Waals surface area contributed by atoms with Gasteiger partial charge in [-0.3, -0.25) is 0 Å². The Balaban J connectivity index is 1.84. The molecule has 0 fully saturated rings. The summed E-state index contributed by atoms with van der Waals surface area (Å²) in [6.45, 7) is 0.620. The smallest absolute Gasteiger partial charge is 0.126 e. The summed E-state index contributed by atoms with van der Waals surface area (Å²) >= 11 is 5.82. The quantitative estimate of drug-likeness (QED) is 0.719. The maximum absolute atomic E-state index is 13.2. The van der Waals surface area contributed by atoms with Gasteiger partial charge in [-0.1, -0.05) is 23.7 Å². The van der Waals surface area contributed by atoms with Gasteiger partial charge in [0.05, 0.1) is 0 Å². The molecule has 3 rings (SSSR count). The number of halogens is 2. The predicted octanol–water partition coefficient (Wildman–Crippen LogP) is 4.57. The number of hydrogen-bond donors (Lipinski definition) is 2. The van der Waals surface area contributed by atoms with E-state index in [2.05, 4.69) is 10.3 Å². The average molecular weight is 275 g/mol. The van der Waals surface area contributed by atoms with Gasteiger partial charge in [0.2, 0.25) is 0 Å². The van der Waals surface area contributed by atoms with Gasteiger partial charge in [-0.25, -0.2) is 4.39 Å². The average Bonchev–Trinajstić information content (AvgIpc) is 2.83. The Hall–Kier alpha value is -2.00. The summed E-state index contributed by atoms with van der Waals surface area (Å²) in [6.07, 6.45) is 1.91. The zero-order valence-corrected chi connectivity index (χ0v) is 10.8. The van der Waals surface area contributed by atoms with Gasteiger partial charge in [-0.15, -0.1) is 0 Å². The van der Waals surface area contributed by atoms with E-state index in [4.69, 9.17) is 11.6 Å². The third-order valence-electron chi connectivity index (χ3n) is 3.03. The van der Waals surface area contributed by atoms with Crippen molar-refractivity contribution in [2.24, 2.45) is 0 Å². The van der Waals surface area contributed by atoms with Crippen LogP contribution in [-0.2, 0) is 6.54 Å². The first-order valence-corrected chi connectivity index (χ1v) is 6.35. The van der Waals surface area contributed by atoms with Gasteiger partial charge >= 0.3 is 0 Å². The molecule has 0 aliphatic rings. The van der Waals surface area contributed by atoms with Crippen LogP contribution in [0.1, 0.15) is 5.56 Å². The van der Waals surface area contributed by atoms with Gasteiger partial charge in [-0.05, 0) is 35.9 Å². The molecule has 1 heterocycles. The minimum Gasteiger partial charge on any atom is -0.381 e. The number of nitrogens with one attached hydrogen (secondary N) is 2. The largest absolute Gasteiger partial charge is 0.381 e. The van der Waals surface area contributed by atoms with Crippen molar-refractivity contribution < 1.29 is 4.39 Å². The second-order valence-electron chi connectivity index (χ2n) is 4.37. The number of aromatic amines is 1. The van der Waals surface area contributed by atoms with Gasteiger partial charge in [0.15, 0.2) is 0 Å². The third-order valence-corrected chi connectivity index (χ3v) is 3.25. The van der Waals surface area contributed by atoms with Gasteiger partial charge in [-0.2, -0.15) is 0 Å². The van der Waals surface area contributed by atoms with Crippen molar-refractivity contribution in [2.45, 2.75) is 6.54 Å². The molecule has 0 saturated heterocycles. The van der Waals surface area contributed by atoms with E-state index in [-0.39, 0.29) is 5.82 Å². The lowest BCUT2D eigenvalue weighted by Gasteiger charge is -2.08. The number of fused-ring (bicyclic) bond motifs is 1. The molecule has 0 bridgehead atoms. The van der Waals surface area contributed by atoms with Crippen molar-refractivity contribution in [1.29, 1.82) is 0 Å². The van der Waals surface area contributed by atoms with Crippen molar-refractivity contribution in [1.82, 2.24) is 4.98 Å². The second-order valence-corrected chi connectivity index (χ2v) is 4.80. The van der Waals surface area contributed by atoms with Crippen LogP contribution < -0.4 is 5.32 Å². The summed E-state index contributed by atoms with van der Waals surface area (Å²) in [5.41, 5.74) is 2.92. The molecule has 0 spiro atoms.